The number of rotatable bonds is 0. The van der Waals surface area contributed by atoms with Crippen LogP contribution in [0.4, 0.5) is 0 Å². The summed E-state index contributed by atoms with van der Waals surface area (Å²) in [6.07, 6.45) is 1.68. The zero-order chi connectivity index (χ0) is 4.41. The summed E-state index contributed by atoms with van der Waals surface area (Å²) in [5.41, 5.74) is 0. The van der Waals surface area contributed by atoms with E-state index in [9.17, 15) is 0 Å². The van der Waals surface area contributed by atoms with Crippen molar-refractivity contribution in [2.45, 2.75) is 0 Å². The van der Waals surface area contributed by atoms with Crippen LogP contribution in [0.3, 0.4) is 0 Å². The van der Waals surface area contributed by atoms with Gasteiger partial charge in [0.25, 0.3) is 7.65 Å². The molecule has 1 atom stereocenters. The van der Waals surface area contributed by atoms with E-state index in [1.165, 1.54) is 0 Å². The first kappa shape index (κ1) is 4.51. The van der Waals surface area contributed by atoms with E-state index in [1.807, 2.05) is 0 Å². The maximum atomic E-state index is 5.36. The lowest BCUT2D eigenvalue weighted by molar-refractivity contribution is 0.444. The van der Waals surface area contributed by atoms with Gasteiger partial charge in [0.2, 0.25) is 0 Å². The first-order valence-corrected chi connectivity index (χ1v) is 3.62. The molecule has 0 aromatic rings. The minimum absolute atomic E-state index is 0.592. The van der Waals surface area contributed by atoms with Gasteiger partial charge in [-0.15, -0.1) is 0 Å². The highest BCUT2D eigenvalue weighted by molar-refractivity contribution is 7.79. The van der Waals surface area contributed by atoms with E-state index in [0.29, 0.717) is 6.61 Å². The highest BCUT2D eigenvalue weighted by Crippen LogP contribution is 2.45. The number of hydrogen-bond donors (Lipinski definition) is 0. The van der Waals surface area contributed by atoms with E-state index in [2.05, 4.69) is 4.76 Å². The van der Waals surface area contributed by atoms with Crippen molar-refractivity contribution in [1.29, 1.82) is 0 Å². The summed E-state index contributed by atoms with van der Waals surface area (Å²) >= 11 is 5.36. The monoisotopic (exact) mass is 123 g/mol. The second-order valence-corrected chi connectivity index (χ2v) is 2.63. The summed E-state index contributed by atoms with van der Waals surface area (Å²) in [4.78, 5) is 0. The van der Waals surface area contributed by atoms with Crippen LogP contribution in [-0.2, 0) is 4.52 Å². The fourth-order valence-corrected chi connectivity index (χ4v) is 1.03. The van der Waals surface area contributed by atoms with Gasteiger partial charge in [-0.2, -0.15) is 0 Å². The Morgan fingerprint density at radius 2 is 2.83 bits per heavy atom. The summed E-state index contributed by atoms with van der Waals surface area (Å²) < 4.78 is 8.48. The number of halogens is 1. The van der Waals surface area contributed by atoms with Crippen LogP contribution in [-0.4, -0.2) is 12.8 Å². The van der Waals surface area contributed by atoms with Gasteiger partial charge in [-0.1, -0.05) is 0 Å². The first-order valence-electron chi connectivity index (χ1n) is 1.51. The predicted octanol–water partition coefficient (Wildman–Crippen LogP) is 1.55. The fraction of sp³-hybridized carbons (Fsp3) is 0.500. The lowest BCUT2D eigenvalue weighted by Crippen LogP contribution is -1.73. The van der Waals surface area contributed by atoms with Crippen molar-refractivity contribution in [2.75, 3.05) is 6.61 Å². The Morgan fingerprint density at radius 3 is 3.00 bits per heavy atom. The third-order valence-electron chi connectivity index (χ3n) is 0.428. The van der Waals surface area contributed by atoms with E-state index in [0.717, 1.165) is 0 Å². The van der Waals surface area contributed by atoms with Gasteiger partial charge in [0.05, 0.1) is 6.61 Å². The second-order valence-electron chi connectivity index (χ2n) is 0.820. The Hall–Kier alpha value is 0.350. The van der Waals surface area contributed by atoms with Crippen LogP contribution >= 0.6 is 18.9 Å². The Bertz CT molecular complexity index is 75.9. The van der Waals surface area contributed by atoms with Crippen molar-refractivity contribution >= 4 is 25.1 Å². The molecule has 1 rings (SSSR count). The maximum Gasteiger partial charge on any atom is 0.256 e. The van der Waals surface area contributed by atoms with E-state index in [4.69, 9.17) is 15.8 Å². The fourth-order valence-electron chi connectivity index (χ4n) is 0.226. The number of hydrogen-bond acceptors (Lipinski definition) is 2. The third-order valence-corrected chi connectivity index (χ3v) is 1.69. The molecular formula is C2H3ClNOP. The Labute approximate surface area is 41.8 Å². The molecule has 1 unspecified atom stereocenters. The highest BCUT2D eigenvalue weighted by Gasteiger charge is 2.04. The van der Waals surface area contributed by atoms with E-state index >= 15 is 0 Å². The van der Waals surface area contributed by atoms with Gasteiger partial charge >= 0.3 is 0 Å². The second kappa shape index (κ2) is 1.87. The Morgan fingerprint density at radius 1 is 2.00 bits per heavy atom. The SMILES string of the molecule is ClP1N=CCO1. The van der Waals surface area contributed by atoms with Gasteiger partial charge in [0.1, 0.15) is 0 Å². The molecule has 0 aromatic heterocycles. The molecule has 0 spiro atoms. The van der Waals surface area contributed by atoms with E-state index < -0.39 is 7.65 Å². The topological polar surface area (TPSA) is 21.6 Å². The quantitative estimate of drug-likeness (QED) is 0.448. The summed E-state index contributed by atoms with van der Waals surface area (Å²) in [6, 6.07) is 0. The van der Waals surface area contributed by atoms with Crippen LogP contribution < -0.4 is 0 Å². The van der Waals surface area contributed by atoms with Gasteiger partial charge in [-0.05, 0) is 11.2 Å². The molecule has 0 aliphatic carbocycles. The largest absolute Gasteiger partial charge is 0.320 e. The van der Waals surface area contributed by atoms with Crippen molar-refractivity contribution in [3.8, 4) is 0 Å². The van der Waals surface area contributed by atoms with Crippen LogP contribution in [0, 0.1) is 0 Å². The zero-order valence-electron chi connectivity index (χ0n) is 2.97. The van der Waals surface area contributed by atoms with Crippen LogP contribution in [0.25, 0.3) is 0 Å². The molecule has 0 saturated carbocycles. The first-order chi connectivity index (χ1) is 2.89. The van der Waals surface area contributed by atoms with Crippen molar-refractivity contribution < 1.29 is 4.52 Å². The third kappa shape index (κ3) is 0.904. The molecule has 2 nitrogen and oxygen atoms in total. The summed E-state index contributed by atoms with van der Waals surface area (Å²) in [6.45, 7) is 0.592. The van der Waals surface area contributed by atoms with Crippen LogP contribution in [0.2, 0.25) is 0 Å². The molecule has 1 heterocycles. The Balaban J connectivity index is 2.38. The molecule has 0 N–H and O–H groups in total. The molecule has 0 radical (unpaired) electrons. The van der Waals surface area contributed by atoms with Crippen molar-refractivity contribution in [3.63, 3.8) is 0 Å². The molecule has 34 valence electrons. The van der Waals surface area contributed by atoms with Crippen molar-refractivity contribution in [1.82, 2.24) is 0 Å². The highest BCUT2D eigenvalue weighted by atomic mass is 35.7. The van der Waals surface area contributed by atoms with Crippen LogP contribution in [0.5, 0.6) is 0 Å². The summed E-state index contributed by atoms with van der Waals surface area (Å²) in [5, 5.41) is 0. The standard InChI is InChI=1S/C2H3ClNOP/c3-6-4-1-2-5-6/h1H,2H2. The molecule has 0 aromatic carbocycles. The lowest BCUT2D eigenvalue weighted by Gasteiger charge is -1.87. The van der Waals surface area contributed by atoms with Gasteiger partial charge in [0, 0.05) is 6.21 Å². The molecule has 1 aliphatic rings. The molecule has 0 saturated heterocycles. The average molecular weight is 123 g/mol. The molecule has 6 heavy (non-hydrogen) atoms. The van der Waals surface area contributed by atoms with Gasteiger partial charge in [-0.3, -0.25) is 0 Å². The van der Waals surface area contributed by atoms with Crippen molar-refractivity contribution in [3.05, 3.63) is 0 Å². The minimum atomic E-state index is -0.923. The Kier molecular flexibility index (Phi) is 1.41. The predicted molar refractivity (Wildman–Crippen MR) is 27.2 cm³/mol. The van der Waals surface area contributed by atoms with E-state index in [1.54, 1.807) is 6.21 Å². The zero-order valence-corrected chi connectivity index (χ0v) is 4.62. The summed E-state index contributed by atoms with van der Waals surface area (Å²) in [7, 11) is -0.923. The molecular weight excluding hydrogens is 120 g/mol. The molecule has 0 bridgehead atoms. The van der Waals surface area contributed by atoms with Gasteiger partial charge in [0.15, 0.2) is 0 Å². The average Bonchev–Trinajstić information content (AvgIpc) is 1.86. The van der Waals surface area contributed by atoms with Crippen LogP contribution in [0.15, 0.2) is 4.76 Å². The summed E-state index contributed by atoms with van der Waals surface area (Å²) in [5.74, 6) is 0. The normalized spacial score (nSPS) is 31.8. The lowest BCUT2D eigenvalue weighted by atomic mass is 10.8. The molecule has 1 aliphatic heterocycles. The number of nitrogens with zero attached hydrogens (tertiary/aromatic N) is 1. The molecule has 4 heteroatoms. The smallest absolute Gasteiger partial charge is 0.256 e. The van der Waals surface area contributed by atoms with Gasteiger partial charge in [-0.25, -0.2) is 4.76 Å². The molecule has 0 fully saturated rings. The maximum absolute atomic E-state index is 5.36. The molecule has 0 amide bonds. The van der Waals surface area contributed by atoms with Crippen LogP contribution in [0.1, 0.15) is 0 Å². The van der Waals surface area contributed by atoms with Crippen molar-refractivity contribution in [2.24, 2.45) is 4.76 Å². The van der Waals surface area contributed by atoms with E-state index in [-0.39, 0.29) is 0 Å². The van der Waals surface area contributed by atoms with Gasteiger partial charge < -0.3 is 4.52 Å². The minimum Gasteiger partial charge on any atom is -0.320 e.